The standard InChI is InChI=1S/C13H18N2O5S2/c1-14(2)22(19,20)10-7-11(21-8-10)12(16)15-5-3-9(4-6-15)13(17)18/h7-9H,3-6H2,1-2H3,(H,17,18). The molecule has 1 saturated heterocycles. The summed E-state index contributed by atoms with van der Waals surface area (Å²) in [6, 6.07) is 1.38. The van der Waals surface area contributed by atoms with Crippen LogP contribution in [0.25, 0.3) is 0 Å². The number of aliphatic carboxylic acids is 1. The molecule has 7 nitrogen and oxygen atoms in total. The molecule has 0 aliphatic carbocycles. The molecule has 2 rings (SSSR count). The molecule has 0 radical (unpaired) electrons. The Morgan fingerprint density at radius 1 is 1.32 bits per heavy atom. The van der Waals surface area contributed by atoms with Gasteiger partial charge in [-0.25, -0.2) is 12.7 Å². The normalized spacial score (nSPS) is 17.0. The third-order valence-electron chi connectivity index (χ3n) is 3.70. The topological polar surface area (TPSA) is 95.0 Å². The van der Waals surface area contributed by atoms with Crippen molar-refractivity contribution >= 4 is 33.2 Å². The Morgan fingerprint density at radius 3 is 2.41 bits per heavy atom. The third-order valence-corrected chi connectivity index (χ3v) is 6.56. The maximum absolute atomic E-state index is 12.4. The molecule has 122 valence electrons. The van der Waals surface area contributed by atoms with Crippen molar-refractivity contribution in [3.63, 3.8) is 0 Å². The molecule has 0 spiro atoms. The molecule has 0 aromatic carbocycles. The lowest BCUT2D eigenvalue weighted by Crippen LogP contribution is -2.40. The number of carbonyl (C=O) groups excluding carboxylic acids is 1. The fourth-order valence-electron chi connectivity index (χ4n) is 2.26. The summed E-state index contributed by atoms with van der Waals surface area (Å²) in [4.78, 5) is 25.3. The van der Waals surface area contributed by atoms with Crippen molar-refractivity contribution in [3.05, 3.63) is 16.3 Å². The van der Waals surface area contributed by atoms with E-state index in [2.05, 4.69) is 0 Å². The zero-order valence-electron chi connectivity index (χ0n) is 12.4. The first-order valence-corrected chi connectivity index (χ1v) is 9.08. The van der Waals surface area contributed by atoms with Crippen LogP contribution in [0.3, 0.4) is 0 Å². The molecule has 1 aromatic heterocycles. The smallest absolute Gasteiger partial charge is 0.306 e. The zero-order chi connectivity index (χ0) is 16.5. The van der Waals surface area contributed by atoms with Crippen molar-refractivity contribution in [1.29, 1.82) is 0 Å². The minimum absolute atomic E-state index is 0.103. The Labute approximate surface area is 133 Å². The zero-order valence-corrected chi connectivity index (χ0v) is 14.0. The van der Waals surface area contributed by atoms with E-state index in [0.29, 0.717) is 30.8 Å². The summed E-state index contributed by atoms with van der Waals surface area (Å²) >= 11 is 1.09. The van der Waals surface area contributed by atoms with E-state index in [-0.39, 0.29) is 10.8 Å². The van der Waals surface area contributed by atoms with E-state index in [1.54, 1.807) is 4.90 Å². The summed E-state index contributed by atoms with van der Waals surface area (Å²) in [6.07, 6.45) is 0.852. The summed E-state index contributed by atoms with van der Waals surface area (Å²) in [5.41, 5.74) is 0. The van der Waals surface area contributed by atoms with E-state index >= 15 is 0 Å². The van der Waals surface area contributed by atoms with E-state index in [1.807, 2.05) is 0 Å². The van der Waals surface area contributed by atoms with Crippen LogP contribution in [0.1, 0.15) is 22.5 Å². The average molecular weight is 346 g/mol. The molecule has 22 heavy (non-hydrogen) atoms. The van der Waals surface area contributed by atoms with Gasteiger partial charge in [0.05, 0.1) is 15.7 Å². The van der Waals surface area contributed by atoms with Crippen molar-refractivity contribution < 1.29 is 23.1 Å². The molecule has 1 amide bonds. The lowest BCUT2D eigenvalue weighted by atomic mass is 9.97. The third kappa shape index (κ3) is 3.31. The number of thiophene rings is 1. The molecular formula is C13H18N2O5S2. The summed E-state index contributed by atoms with van der Waals surface area (Å²) in [7, 11) is -0.674. The number of hydrogen-bond donors (Lipinski definition) is 1. The van der Waals surface area contributed by atoms with E-state index in [1.165, 1.54) is 25.5 Å². The Bertz CT molecular complexity index is 672. The number of sulfonamides is 1. The van der Waals surface area contributed by atoms with E-state index < -0.39 is 21.9 Å². The van der Waals surface area contributed by atoms with Crippen LogP contribution in [-0.2, 0) is 14.8 Å². The monoisotopic (exact) mass is 346 g/mol. The molecule has 1 aliphatic heterocycles. The fourth-order valence-corrected chi connectivity index (χ4v) is 4.39. The Morgan fingerprint density at radius 2 is 1.91 bits per heavy atom. The maximum Gasteiger partial charge on any atom is 0.306 e. The highest BCUT2D eigenvalue weighted by molar-refractivity contribution is 7.89. The molecule has 2 heterocycles. The maximum atomic E-state index is 12.4. The van der Waals surface area contributed by atoms with E-state index in [4.69, 9.17) is 5.11 Å². The number of hydrogen-bond acceptors (Lipinski definition) is 5. The summed E-state index contributed by atoms with van der Waals surface area (Å²) in [6.45, 7) is 0.757. The van der Waals surface area contributed by atoms with Crippen LogP contribution in [0.2, 0.25) is 0 Å². The number of piperidine rings is 1. The van der Waals surface area contributed by atoms with Crippen LogP contribution in [0.4, 0.5) is 0 Å². The number of carboxylic acid groups (broad SMARTS) is 1. The van der Waals surface area contributed by atoms with Gasteiger partial charge in [0, 0.05) is 32.6 Å². The van der Waals surface area contributed by atoms with Gasteiger partial charge in [-0.3, -0.25) is 9.59 Å². The minimum atomic E-state index is -3.55. The molecule has 0 saturated carbocycles. The SMILES string of the molecule is CN(C)S(=O)(=O)c1csc(C(=O)N2CCC(C(=O)O)CC2)c1. The highest BCUT2D eigenvalue weighted by Crippen LogP contribution is 2.25. The lowest BCUT2D eigenvalue weighted by Gasteiger charge is -2.29. The number of rotatable bonds is 4. The van der Waals surface area contributed by atoms with Crippen LogP contribution in [-0.4, -0.2) is 61.8 Å². The van der Waals surface area contributed by atoms with Crippen LogP contribution < -0.4 is 0 Å². The quantitative estimate of drug-likeness (QED) is 0.875. The van der Waals surface area contributed by atoms with Crippen molar-refractivity contribution in [3.8, 4) is 0 Å². The molecule has 0 unspecified atom stereocenters. The van der Waals surface area contributed by atoms with Gasteiger partial charge in [-0.1, -0.05) is 0 Å². The van der Waals surface area contributed by atoms with E-state index in [0.717, 1.165) is 15.6 Å². The van der Waals surface area contributed by atoms with Gasteiger partial charge in [0.25, 0.3) is 5.91 Å². The number of nitrogens with zero attached hydrogens (tertiary/aromatic N) is 2. The van der Waals surface area contributed by atoms with Crippen LogP contribution in [0.15, 0.2) is 16.3 Å². The largest absolute Gasteiger partial charge is 0.481 e. The van der Waals surface area contributed by atoms with Crippen molar-refractivity contribution in [2.75, 3.05) is 27.2 Å². The summed E-state index contributed by atoms with van der Waals surface area (Å²) in [5.74, 6) is -1.48. The molecule has 0 bridgehead atoms. The van der Waals surface area contributed by atoms with Crippen LogP contribution in [0.5, 0.6) is 0 Å². The van der Waals surface area contributed by atoms with Crippen molar-refractivity contribution in [2.24, 2.45) is 5.92 Å². The van der Waals surface area contributed by atoms with Crippen LogP contribution in [0, 0.1) is 5.92 Å². The Kier molecular flexibility index (Phi) is 4.88. The van der Waals surface area contributed by atoms with Crippen molar-refractivity contribution in [2.45, 2.75) is 17.7 Å². The first-order chi connectivity index (χ1) is 10.2. The van der Waals surface area contributed by atoms with Gasteiger partial charge < -0.3 is 10.0 Å². The number of likely N-dealkylation sites (tertiary alicyclic amines) is 1. The van der Waals surface area contributed by atoms with Gasteiger partial charge >= 0.3 is 5.97 Å². The number of amides is 1. The van der Waals surface area contributed by atoms with Crippen molar-refractivity contribution in [1.82, 2.24) is 9.21 Å². The minimum Gasteiger partial charge on any atom is -0.481 e. The van der Waals surface area contributed by atoms with Gasteiger partial charge in [-0.15, -0.1) is 11.3 Å². The number of carboxylic acids is 1. The Hall–Kier alpha value is -1.45. The molecule has 1 aliphatic rings. The second kappa shape index (κ2) is 6.35. The molecule has 1 aromatic rings. The highest BCUT2D eigenvalue weighted by Gasteiger charge is 2.29. The van der Waals surface area contributed by atoms with Gasteiger partial charge in [-0.2, -0.15) is 0 Å². The predicted molar refractivity (Wildman–Crippen MR) is 81.5 cm³/mol. The van der Waals surface area contributed by atoms with Gasteiger partial charge in [0.1, 0.15) is 0 Å². The average Bonchev–Trinajstić information content (AvgIpc) is 2.96. The second-order valence-electron chi connectivity index (χ2n) is 5.34. The summed E-state index contributed by atoms with van der Waals surface area (Å²) in [5, 5.41) is 10.4. The first-order valence-electron chi connectivity index (χ1n) is 6.76. The Balaban J connectivity index is 2.09. The van der Waals surface area contributed by atoms with Gasteiger partial charge in [0.15, 0.2) is 0 Å². The van der Waals surface area contributed by atoms with Gasteiger partial charge in [0.2, 0.25) is 10.0 Å². The molecule has 0 atom stereocenters. The van der Waals surface area contributed by atoms with Crippen LogP contribution >= 0.6 is 11.3 Å². The fraction of sp³-hybridized carbons (Fsp3) is 0.538. The first kappa shape index (κ1) is 16.9. The summed E-state index contributed by atoms with van der Waals surface area (Å²) < 4.78 is 25.1. The second-order valence-corrected chi connectivity index (χ2v) is 8.40. The lowest BCUT2D eigenvalue weighted by molar-refractivity contribution is -0.143. The number of carbonyl (C=O) groups is 2. The molecule has 9 heteroatoms. The van der Waals surface area contributed by atoms with Gasteiger partial charge in [-0.05, 0) is 18.9 Å². The van der Waals surface area contributed by atoms with E-state index in [9.17, 15) is 18.0 Å². The molecule has 1 fully saturated rings. The highest BCUT2D eigenvalue weighted by atomic mass is 32.2. The molecular weight excluding hydrogens is 328 g/mol. The molecule has 1 N–H and O–H groups in total. The predicted octanol–water partition coefficient (Wildman–Crippen LogP) is 0.935.